The molecular weight excluding hydrogens is 314 g/mol. The molecule has 1 aromatic carbocycles. The van der Waals surface area contributed by atoms with Crippen molar-refractivity contribution in [2.45, 2.75) is 20.1 Å². The van der Waals surface area contributed by atoms with Crippen LogP contribution in [0.4, 0.5) is 5.69 Å². The Morgan fingerprint density at radius 3 is 2.74 bits per heavy atom. The van der Waals surface area contributed by atoms with E-state index in [-0.39, 0.29) is 12.3 Å². The van der Waals surface area contributed by atoms with Crippen molar-refractivity contribution in [3.05, 3.63) is 55.8 Å². The standard InChI is InChI=1S/C12H12BrN3O3/c1-8-4-12(13)14-15(8)6-9-2-3-10(7-17)11(5-9)16(18)19/h2-5,17H,6-7H2,1H3. The number of halogens is 1. The molecule has 0 unspecified atom stereocenters. The van der Waals surface area contributed by atoms with Crippen LogP contribution in [0, 0.1) is 17.0 Å². The number of rotatable bonds is 4. The number of benzene rings is 1. The molecule has 0 aliphatic heterocycles. The number of aliphatic hydroxyl groups excluding tert-OH is 1. The lowest BCUT2D eigenvalue weighted by molar-refractivity contribution is -0.385. The van der Waals surface area contributed by atoms with Gasteiger partial charge in [-0.2, -0.15) is 5.10 Å². The van der Waals surface area contributed by atoms with Gasteiger partial charge < -0.3 is 5.11 Å². The fourth-order valence-corrected chi connectivity index (χ4v) is 2.34. The molecule has 0 radical (unpaired) electrons. The molecule has 0 saturated carbocycles. The van der Waals surface area contributed by atoms with Crippen LogP contribution in [0.15, 0.2) is 28.9 Å². The number of nitro benzene ring substituents is 1. The van der Waals surface area contributed by atoms with Crippen molar-refractivity contribution >= 4 is 21.6 Å². The van der Waals surface area contributed by atoms with Gasteiger partial charge in [-0.3, -0.25) is 14.8 Å². The lowest BCUT2D eigenvalue weighted by Crippen LogP contribution is -2.05. The highest BCUT2D eigenvalue weighted by Gasteiger charge is 2.14. The Balaban J connectivity index is 2.33. The monoisotopic (exact) mass is 325 g/mol. The van der Waals surface area contributed by atoms with E-state index in [0.29, 0.717) is 12.1 Å². The predicted molar refractivity (Wildman–Crippen MR) is 72.8 cm³/mol. The molecule has 0 atom stereocenters. The number of nitro groups is 1. The summed E-state index contributed by atoms with van der Waals surface area (Å²) < 4.78 is 2.48. The molecule has 100 valence electrons. The van der Waals surface area contributed by atoms with E-state index in [0.717, 1.165) is 15.9 Å². The largest absolute Gasteiger partial charge is 0.391 e. The first-order valence-electron chi connectivity index (χ1n) is 5.58. The third-order valence-electron chi connectivity index (χ3n) is 2.80. The van der Waals surface area contributed by atoms with E-state index < -0.39 is 4.92 Å². The summed E-state index contributed by atoms with van der Waals surface area (Å²) in [6.45, 7) is 2.02. The van der Waals surface area contributed by atoms with Gasteiger partial charge in [0.25, 0.3) is 5.69 Å². The number of nitrogens with zero attached hydrogens (tertiary/aromatic N) is 3. The Labute approximate surface area is 118 Å². The number of hydrogen-bond donors (Lipinski definition) is 1. The fraction of sp³-hybridized carbons (Fsp3) is 0.250. The minimum Gasteiger partial charge on any atom is -0.391 e. The van der Waals surface area contributed by atoms with E-state index in [2.05, 4.69) is 21.0 Å². The zero-order valence-corrected chi connectivity index (χ0v) is 11.8. The van der Waals surface area contributed by atoms with Crippen LogP contribution in [-0.2, 0) is 13.2 Å². The van der Waals surface area contributed by atoms with Gasteiger partial charge in [-0.1, -0.05) is 6.07 Å². The van der Waals surface area contributed by atoms with Crippen molar-refractivity contribution in [1.82, 2.24) is 9.78 Å². The van der Waals surface area contributed by atoms with E-state index in [1.54, 1.807) is 16.8 Å². The van der Waals surface area contributed by atoms with Crippen molar-refractivity contribution in [3.63, 3.8) is 0 Å². The van der Waals surface area contributed by atoms with E-state index in [4.69, 9.17) is 5.11 Å². The first-order chi connectivity index (χ1) is 9.01. The third-order valence-corrected chi connectivity index (χ3v) is 3.19. The van der Waals surface area contributed by atoms with Gasteiger partial charge in [0.2, 0.25) is 0 Å². The molecule has 0 fully saturated rings. The maximum atomic E-state index is 10.9. The Hall–Kier alpha value is -1.73. The minimum absolute atomic E-state index is 0.0659. The van der Waals surface area contributed by atoms with Crippen molar-refractivity contribution in [2.75, 3.05) is 0 Å². The Morgan fingerprint density at radius 1 is 1.47 bits per heavy atom. The minimum atomic E-state index is -0.485. The highest BCUT2D eigenvalue weighted by Crippen LogP contribution is 2.21. The van der Waals surface area contributed by atoms with Gasteiger partial charge in [-0.25, -0.2) is 0 Å². The molecule has 0 spiro atoms. The Morgan fingerprint density at radius 2 is 2.21 bits per heavy atom. The zero-order chi connectivity index (χ0) is 14.0. The molecule has 0 amide bonds. The molecule has 1 heterocycles. The van der Waals surface area contributed by atoms with E-state index in [1.165, 1.54) is 6.07 Å². The molecule has 6 nitrogen and oxygen atoms in total. The quantitative estimate of drug-likeness (QED) is 0.691. The van der Waals surface area contributed by atoms with Gasteiger partial charge in [0.05, 0.1) is 23.6 Å². The normalized spacial score (nSPS) is 10.7. The molecule has 2 rings (SSSR count). The van der Waals surface area contributed by atoms with Crippen LogP contribution in [0.1, 0.15) is 16.8 Å². The molecule has 7 heteroatoms. The molecule has 0 bridgehead atoms. The maximum Gasteiger partial charge on any atom is 0.275 e. The van der Waals surface area contributed by atoms with Crippen molar-refractivity contribution in [2.24, 2.45) is 0 Å². The molecule has 19 heavy (non-hydrogen) atoms. The second-order valence-corrected chi connectivity index (χ2v) is 4.96. The molecule has 0 aliphatic rings. The van der Waals surface area contributed by atoms with E-state index in [1.807, 2.05) is 13.0 Å². The summed E-state index contributed by atoms with van der Waals surface area (Å²) in [6, 6.07) is 6.67. The van der Waals surface area contributed by atoms with Gasteiger partial charge in [0.15, 0.2) is 0 Å². The number of aliphatic hydroxyl groups is 1. The molecule has 1 N–H and O–H groups in total. The van der Waals surface area contributed by atoms with Crippen LogP contribution in [0.25, 0.3) is 0 Å². The highest BCUT2D eigenvalue weighted by molar-refractivity contribution is 9.10. The summed E-state index contributed by atoms with van der Waals surface area (Å²) in [5, 5.41) is 24.2. The average molecular weight is 326 g/mol. The Bertz CT molecular complexity index is 625. The molecular formula is C12H12BrN3O3. The van der Waals surface area contributed by atoms with Gasteiger partial charge in [0, 0.05) is 11.8 Å². The maximum absolute atomic E-state index is 10.9. The summed E-state index contributed by atoms with van der Waals surface area (Å²) in [5.41, 5.74) is 1.97. The second kappa shape index (κ2) is 5.50. The lowest BCUT2D eigenvalue weighted by atomic mass is 10.1. The van der Waals surface area contributed by atoms with Crippen LogP contribution < -0.4 is 0 Å². The lowest BCUT2D eigenvalue weighted by Gasteiger charge is -2.06. The molecule has 0 saturated heterocycles. The highest BCUT2D eigenvalue weighted by atomic mass is 79.9. The predicted octanol–water partition coefficient (Wildman–Crippen LogP) is 2.40. The zero-order valence-electron chi connectivity index (χ0n) is 10.2. The van der Waals surface area contributed by atoms with Crippen LogP contribution in [-0.4, -0.2) is 19.8 Å². The molecule has 1 aromatic heterocycles. The smallest absolute Gasteiger partial charge is 0.275 e. The summed E-state index contributed by atoms with van der Waals surface area (Å²) in [7, 11) is 0. The van der Waals surface area contributed by atoms with Gasteiger partial charge in [0.1, 0.15) is 4.60 Å². The summed E-state index contributed by atoms with van der Waals surface area (Å²) >= 11 is 3.28. The van der Waals surface area contributed by atoms with Crippen molar-refractivity contribution < 1.29 is 10.0 Å². The number of hydrogen-bond acceptors (Lipinski definition) is 4. The van der Waals surface area contributed by atoms with Gasteiger partial charge >= 0.3 is 0 Å². The fourth-order valence-electron chi connectivity index (χ4n) is 1.81. The van der Waals surface area contributed by atoms with Crippen molar-refractivity contribution in [3.8, 4) is 0 Å². The average Bonchev–Trinajstić information content (AvgIpc) is 2.67. The van der Waals surface area contributed by atoms with Crippen molar-refractivity contribution in [1.29, 1.82) is 0 Å². The van der Waals surface area contributed by atoms with E-state index >= 15 is 0 Å². The van der Waals surface area contributed by atoms with Crippen LogP contribution in [0.5, 0.6) is 0 Å². The SMILES string of the molecule is Cc1cc(Br)nn1Cc1ccc(CO)c([N+](=O)[O-])c1. The Kier molecular flexibility index (Phi) is 3.96. The second-order valence-electron chi connectivity index (χ2n) is 4.14. The summed E-state index contributed by atoms with van der Waals surface area (Å²) in [6.07, 6.45) is 0. The van der Waals surface area contributed by atoms with Crippen LogP contribution >= 0.6 is 15.9 Å². The van der Waals surface area contributed by atoms with E-state index in [9.17, 15) is 10.1 Å². The first kappa shape index (κ1) is 13.7. The molecule has 0 aliphatic carbocycles. The van der Waals surface area contributed by atoms with Gasteiger partial charge in [-0.05, 0) is 40.5 Å². The summed E-state index contributed by atoms with van der Waals surface area (Å²) in [5.74, 6) is 0. The topological polar surface area (TPSA) is 81.2 Å². The first-order valence-corrected chi connectivity index (χ1v) is 6.37. The summed E-state index contributed by atoms with van der Waals surface area (Å²) in [4.78, 5) is 10.4. The van der Waals surface area contributed by atoms with Crippen LogP contribution in [0.2, 0.25) is 0 Å². The number of aromatic nitrogens is 2. The number of aryl methyl sites for hydroxylation is 1. The van der Waals surface area contributed by atoms with Crippen LogP contribution in [0.3, 0.4) is 0 Å². The van der Waals surface area contributed by atoms with Gasteiger partial charge in [-0.15, -0.1) is 0 Å². The third kappa shape index (κ3) is 2.99. The molecule has 2 aromatic rings.